The predicted molar refractivity (Wildman–Crippen MR) is 149 cm³/mol. The lowest BCUT2D eigenvalue weighted by Crippen LogP contribution is -2.55. The van der Waals surface area contributed by atoms with Crippen LogP contribution in [0.15, 0.2) is 18.2 Å². The summed E-state index contributed by atoms with van der Waals surface area (Å²) in [4.78, 5) is 53.9. The number of ether oxygens (including phenoxy) is 4. The lowest BCUT2D eigenvalue weighted by molar-refractivity contribution is -0.158. The Morgan fingerprint density at radius 3 is 2.60 bits per heavy atom. The van der Waals surface area contributed by atoms with Crippen molar-refractivity contribution in [2.45, 2.75) is 89.6 Å². The minimum atomic E-state index is -1.30. The van der Waals surface area contributed by atoms with E-state index in [1.807, 2.05) is 0 Å². The second-order valence-electron chi connectivity index (χ2n) is 12.8. The summed E-state index contributed by atoms with van der Waals surface area (Å²) in [5.41, 5.74) is 0.616. The minimum absolute atomic E-state index is 0.0897. The first-order chi connectivity index (χ1) is 18.7. The number of likely N-dealkylation sites (tertiary alicyclic amines) is 1. The molecule has 1 aromatic carbocycles. The number of nitrogens with zero attached hydrogens (tertiary/aromatic N) is 2. The van der Waals surface area contributed by atoms with Gasteiger partial charge in [-0.2, -0.15) is 0 Å². The van der Waals surface area contributed by atoms with Crippen molar-refractivity contribution in [3.63, 3.8) is 0 Å². The average molecular weight is 576 g/mol. The molecule has 220 valence electrons. The molecule has 2 saturated heterocycles. The number of hydrogen-bond acceptors (Lipinski definition) is 8. The van der Waals surface area contributed by atoms with Crippen molar-refractivity contribution in [1.29, 1.82) is 0 Å². The first-order valence-corrected chi connectivity index (χ1v) is 17.5. The summed E-state index contributed by atoms with van der Waals surface area (Å²) in [6.45, 7) is 13.3. The maximum absolute atomic E-state index is 13.3. The van der Waals surface area contributed by atoms with E-state index in [0.717, 1.165) is 16.5 Å². The van der Waals surface area contributed by atoms with E-state index in [1.54, 1.807) is 39.0 Å². The molecule has 0 saturated carbocycles. The number of carbonyl (C=O) groups excluding carboxylic acids is 4. The molecule has 1 unspecified atom stereocenters. The molecule has 3 heterocycles. The molecule has 0 bridgehead atoms. The Bertz CT molecular complexity index is 1150. The van der Waals surface area contributed by atoms with Crippen molar-refractivity contribution in [2.24, 2.45) is 0 Å². The maximum atomic E-state index is 13.3. The summed E-state index contributed by atoms with van der Waals surface area (Å²) in [5, 5.41) is 2.80. The Morgan fingerprint density at radius 1 is 1.15 bits per heavy atom. The Balaban J connectivity index is 1.37. The molecule has 11 nitrogen and oxygen atoms in total. The van der Waals surface area contributed by atoms with Crippen LogP contribution >= 0.6 is 0 Å². The van der Waals surface area contributed by atoms with Gasteiger partial charge >= 0.3 is 6.09 Å². The van der Waals surface area contributed by atoms with Crippen molar-refractivity contribution >= 4 is 31.9 Å². The second kappa shape index (κ2) is 11.9. The largest absolute Gasteiger partial charge is 0.486 e. The molecule has 3 aliphatic rings. The van der Waals surface area contributed by atoms with Crippen LogP contribution in [0.3, 0.4) is 0 Å². The third-order valence-electron chi connectivity index (χ3n) is 7.00. The zero-order valence-corrected chi connectivity index (χ0v) is 25.3. The summed E-state index contributed by atoms with van der Waals surface area (Å²) in [5.74, 6) is -0.395. The highest BCUT2D eigenvalue weighted by Crippen LogP contribution is 2.32. The van der Waals surface area contributed by atoms with Gasteiger partial charge in [0.25, 0.3) is 11.8 Å². The summed E-state index contributed by atoms with van der Waals surface area (Å²) < 4.78 is 22.7. The number of amides is 4. The Morgan fingerprint density at radius 2 is 1.90 bits per heavy atom. The van der Waals surface area contributed by atoms with Crippen molar-refractivity contribution in [1.82, 2.24) is 15.1 Å². The average Bonchev–Trinajstić information content (AvgIpc) is 3.40. The summed E-state index contributed by atoms with van der Waals surface area (Å²) >= 11 is 0. The van der Waals surface area contributed by atoms with Gasteiger partial charge in [-0.05, 0) is 57.0 Å². The molecular formula is C28H41N3O8Si. The Hall–Kier alpha value is -2.96. The van der Waals surface area contributed by atoms with Gasteiger partial charge in [-0.25, -0.2) is 4.79 Å². The van der Waals surface area contributed by atoms with E-state index < -0.39 is 43.9 Å². The fourth-order valence-corrected chi connectivity index (χ4v) is 5.60. The second-order valence-corrected chi connectivity index (χ2v) is 18.4. The van der Waals surface area contributed by atoms with Gasteiger partial charge in [0.2, 0.25) is 5.91 Å². The molecule has 1 aromatic rings. The minimum Gasteiger partial charge on any atom is -0.486 e. The van der Waals surface area contributed by atoms with E-state index in [-0.39, 0.29) is 37.9 Å². The first kappa shape index (κ1) is 30.0. The molecule has 4 amide bonds. The maximum Gasteiger partial charge on any atom is 0.408 e. The molecule has 40 heavy (non-hydrogen) atoms. The van der Waals surface area contributed by atoms with Crippen LogP contribution in [0.25, 0.3) is 0 Å². The number of piperidine rings is 1. The molecule has 3 atom stereocenters. The molecule has 0 radical (unpaired) electrons. The fourth-order valence-electron chi connectivity index (χ4n) is 4.84. The van der Waals surface area contributed by atoms with Gasteiger partial charge in [0.1, 0.15) is 30.2 Å². The lowest BCUT2D eigenvalue weighted by atomic mass is 10.0. The molecule has 0 aliphatic carbocycles. The molecule has 1 N–H and O–H groups in total. The van der Waals surface area contributed by atoms with Gasteiger partial charge in [0.05, 0.1) is 19.3 Å². The standard InChI is InChI=1S/C28H41N3O8Si/c1-28(2,3)39-27(35)29-21-15-37-16-23(21)38-19-7-8-20-18(13-19)14-30(25(20)33)22-9-10-24(32)31(26(22)34)17-36-11-12-40(4,5)6/h7-8,13,21-23H,9-12,14-17H2,1-6H3,(H,29,35)/t21-,22?,23-/m0/s1. The molecule has 3 aliphatic heterocycles. The zero-order chi connectivity index (χ0) is 29.2. The van der Waals surface area contributed by atoms with Crippen LogP contribution in [0.1, 0.15) is 49.5 Å². The quantitative estimate of drug-likeness (QED) is 0.271. The van der Waals surface area contributed by atoms with Crippen molar-refractivity contribution in [2.75, 3.05) is 26.6 Å². The van der Waals surface area contributed by atoms with E-state index in [4.69, 9.17) is 18.9 Å². The van der Waals surface area contributed by atoms with Crippen LogP contribution in [-0.4, -0.2) is 92.0 Å². The molecular weight excluding hydrogens is 534 g/mol. The van der Waals surface area contributed by atoms with E-state index in [2.05, 4.69) is 25.0 Å². The van der Waals surface area contributed by atoms with Crippen LogP contribution in [-0.2, 0) is 30.3 Å². The van der Waals surface area contributed by atoms with Crippen LogP contribution in [0.4, 0.5) is 4.79 Å². The van der Waals surface area contributed by atoms with Gasteiger partial charge in [0.15, 0.2) is 0 Å². The molecule has 4 rings (SSSR count). The molecule has 12 heteroatoms. The number of carbonyl (C=O) groups is 4. The monoisotopic (exact) mass is 575 g/mol. The number of alkyl carbamates (subject to hydrolysis) is 1. The number of fused-ring (bicyclic) bond motifs is 1. The van der Waals surface area contributed by atoms with Crippen LogP contribution < -0.4 is 10.1 Å². The third-order valence-corrected chi connectivity index (χ3v) is 8.71. The first-order valence-electron chi connectivity index (χ1n) is 13.8. The number of rotatable bonds is 9. The van der Waals surface area contributed by atoms with E-state index in [9.17, 15) is 19.2 Å². The lowest BCUT2D eigenvalue weighted by Gasteiger charge is -2.35. The Labute approximate surface area is 236 Å². The van der Waals surface area contributed by atoms with Gasteiger partial charge in [-0.15, -0.1) is 0 Å². The van der Waals surface area contributed by atoms with Crippen molar-refractivity contribution < 1.29 is 38.1 Å². The predicted octanol–water partition coefficient (Wildman–Crippen LogP) is 3.14. The zero-order valence-electron chi connectivity index (χ0n) is 24.3. The van der Waals surface area contributed by atoms with Crippen molar-refractivity contribution in [3.05, 3.63) is 29.3 Å². The van der Waals surface area contributed by atoms with E-state index >= 15 is 0 Å². The molecule has 0 aromatic heterocycles. The van der Waals surface area contributed by atoms with Crippen molar-refractivity contribution in [3.8, 4) is 5.75 Å². The third kappa shape index (κ3) is 7.41. The fraction of sp³-hybridized carbons (Fsp3) is 0.643. The number of nitrogens with one attached hydrogen (secondary N) is 1. The summed E-state index contributed by atoms with van der Waals surface area (Å²) in [7, 11) is -1.30. The smallest absolute Gasteiger partial charge is 0.408 e. The van der Waals surface area contributed by atoms with Gasteiger partial charge in [0, 0.05) is 33.2 Å². The SMILES string of the molecule is CC(C)(C)OC(=O)N[C@H]1COC[C@@H]1Oc1ccc2c(c1)CN(C1CCC(=O)N(COCC[Si](C)(C)C)C1=O)C2=O. The normalized spacial score (nSPS) is 23.4. The molecule has 2 fully saturated rings. The summed E-state index contributed by atoms with van der Waals surface area (Å²) in [6, 6.07) is 4.99. The van der Waals surface area contributed by atoms with Crippen LogP contribution in [0.5, 0.6) is 5.75 Å². The van der Waals surface area contributed by atoms with Crippen LogP contribution in [0, 0.1) is 0 Å². The highest BCUT2D eigenvalue weighted by Gasteiger charge is 2.43. The number of imide groups is 1. The summed E-state index contributed by atoms with van der Waals surface area (Å²) in [6.07, 6.45) is -0.517. The highest BCUT2D eigenvalue weighted by atomic mass is 28.3. The van der Waals surface area contributed by atoms with Gasteiger partial charge in [-0.1, -0.05) is 19.6 Å². The number of hydrogen-bond donors (Lipinski definition) is 1. The van der Waals surface area contributed by atoms with E-state index in [0.29, 0.717) is 31.1 Å². The topological polar surface area (TPSA) is 124 Å². The van der Waals surface area contributed by atoms with E-state index in [1.165, 1.54) is 4.90 Å². The highest BCUT2D eigenvalue weighted by molar-refractivity contribution is 6.76. The van der Waals surface area contributed by atoms with Gasteiger partial charge < -0.3 is 29.2 Å². The molecule has 0 spiro atoms. The number of benzene rings is 1. The van der Waals surface area contributed by atoms with Crippen LogP contribution in [0.2, 0.25) is 25.7 Å². The van der Waals surface area contributed by atoms with Gasteiger partial charge in [-0.3, -0.25) is 19.3 Å². The Kier molecular flexibility index (Phi) is 8.91.